The van der Waals surface area contributed by atoms with Gasteiger partial charge in [-0.05, 0) is 50.9 Å². The van der Waals surface area contributed by atoms with Crippen LogP contribution < -0.4 is 10.6 Å². The number of benzene rings is 1. The molecule has 0 spiro atoms. The van der Waals surface area contributed by atoms with Gasteiger partial charge in [0.05, 0.1) is 0 Å². The van der Waals surface area contributed by atoms with Gasteiger partial charge >= 0.3 is 0 Å². The summed E-state index contributed by atoms with van der Waals surface area (Å²) in [6, 6.07) is 8.19. The van der Waals surface area contributed by atoms with Crippen LogP contribution in [0.3, 0.4) is 0 Å². The highest BCUT2D eigenvalue weighted by molar-refractivity contribution is 5.94. The van der Waals surface area contributed by atoms with Gasteiger partial charge in [-0.15, -0.1) is 0 Å². The summed E-state index contributed by atoms with van der Waals surface area (Å²) in [7, 11) is 1.92. The molecule has 2 rings (SSSR count). The number of hydrogen-bond acceptors (Lipinski definition) is 3. The number of carbonyl (C=O) groups is 1. The van der Waals surface area contributed by atoms with Crippen molar-refractivity contribution in [3.63, 3.8) is 0 Å². The second kappa shape index (κ2) is 6.68. The highest BCUT2D eigenvalue weighted by Gasteiger charge is 2.21. The molecule has 2 N–H and O–H groups in total. The van der Waals surface area contributed by atoms with Crippen molar-refractivity contribution in [1.82, 2.24) is 5.32 Å². The summed E-state index contributed by atoms with van der Waals surface area (Å²) in [5.41, 5.74) is 1.99. The van der Waals surface area contributed by atoms with E-state index in [0.29, 0.717) is 6.61 Å². The van der Waals surface area contributed by atoms with Crippen molar-refractivity contribution in [1.29, 1.82) is 0 Å². The molecule has 4 heteroatoms. The monoisotopic (exact) mass is 262 g/mol. The van der Waals surface area contributed by atoms with E-state index in [1.165, 1.54) is 0 Å². The van der Waals surface area contributed by atoms with E-state index in [1.807, 2.05) is 31.3 Å². The van der Waals surface area contributed by atoms with E-state index in [2.05, 4.69) is 17.6 Å². The van der Waals surface area contributed by atoms with Crippen LogP contribution in [0.15, 0.2) is 24.3 Å². The van der Waals surface area contributed by atoms with Crippen molar-refractivity contribution >= 4 is 11.6 Å². The largest absolute Gasteiger partial charge is 0.368 e. The SMILES string of the molecule is CNC(C)c1cccc(NC(=O)C2CCCCO2)c1. The number of carbonyl (C=O) groups excluding carboxylic acids is 1. The van der Waals surface area contributed by atoms with Crippen LogP contribution >= 0.6 is 0 Å². The molecule has 1 aliphatic rings. The van der Waals surface area contributed by atoms with E-state index in [4.69, 9.17) is 4.74 Å². The smallest absolute Gasteiger partial charge is 0.253 e. The predicted molar refractivity (Wildman–Crippen MR) is 76.1 cm³/mol. The molecule has 0 radical (unpaired) electrons. The predicted octanol–water partition coefficient (Wildman–Crippen LogP) is 2.47. The van der Waals surface area contributed by atoms with Crippen LogP contribution in [0.2, 0.25) is 0 Å². The molecule has 1 fully saturated rings. The lowest BCUT2D eigenvalue weighted by atomic mass is 10.1. The molecular formula is C15H22N2O2. The summed E-state index contributed by atoms with van der Waals surface area (Å²) in [5, 5.41) is 6.13. The molecule has 1 aromatic carbocycles. The van der Waals surface area contributed by atoms with Crippen LogP contribution in [0.4, 0.5) is 5.69 Å². The second-order valence-electron chi connectivity index (χ2n) is 4.98. The highest BCUT2D eigenvalue weighted by Crippen LogP contribution is 2.19. The normalized spacial score (nSPS) is 20.8. The average molecular weight is 262 g/mol. The van der Waals surface area contributed by atoms with Crippen molar-refractivity contribution in [2.24, 2.45) is 0 Å². The molecular weight excluding hydrogens is 240 g/mol. The van der Waals surface area contributed by atoms with E-state index in [9.17, 15) is 4.79 Å². The van der Waals surface area contributed by atoms with Gasteiger partial charge in [0.2, 0.25) is 0 Å². The lowest BCUT2D eigenvalue weighted by Gasteiger charge is -2.22. The Labute approximate surface area is 114 Å². The number of amides is 1. The van der Waals surface area contributed by atoms with Crippen molar-refractivity contribution < 1.29 is 9.53 Å². The first-order valence-corrected chi connectivity index (χ1v) is 6.90. The molecule has 104 valence electrons. The van der Waals surface area contributed by atoms with Gasteiger partial charge in [-0.25, -0.2) is 0 Å². The van der Waals surface area contributed by atoms with Crippen LogP contribution in [-0.2, 0) is 9.53 Å². The van der Waals surface area contributed by atoms with Gasteiger partial charge in [0.1, 0.15) is 6.10 Å². The van der Waals surface area contributed by atoms with E-state index in [-0.39, 0.29) is 18.1 Å². The minimum atomic E-state index is -0.292. The molecule has 1 heterocycles. The van der Waals surface area contributed by atoms with Crippen molar-refractivity contribution in [2.75, 3.05) is 19.0 Å². The van der Waals surface area contributed by atoms with Crippen molar-refractivity contribution in [3.05, 3.63) is 29.8 Å². The maximum absolute atomic E-state index is 12.1. The zero-order chi connectivity index (χ0) is 13.7. The summed E-state index contributed by atoms with van der Waals surface area (Å²) in [5.74, 6) is -0.0334. The van der Waals surface area contributed by atoms with Gasteiger partial charge < -0.3 is 15.4 Å². The van der Waals surface area contributed by atoms with Crippen LogP contribution in [-0.4, -0.2) is 25.7 Å². The van der Waals surface area contributed by atoms with E-state index >= 15 is 0 Å². The third-order valence-corrected chi connectivity index (χ3v) is 3.56. The number of ether oxygens (including phenoxy) is 1. The lowest BCUT2D eigenvalue weighted by Crippen LogP contribution is -2.33. The van der Waals surface area contributed by atoms with Gasteiger partial charge in [0.15, 0.2) is 0 Å². The van der Waals surface area contributed by atoms with Gasteiger partial charge in [-0.2, -0.15) is 0 Å². The van der Waals surface area contributed by atoms with Gasteiger partial charge in [-0.3, -0.25) is 4.79 Å². The Morgan fingerprint density at radius 2 is 2.26 bits per heavy atom. The van der Waals surface area contributed by atoms with E-state index in [0.717, 1.165) is 30.5 Å². The molecule has 2 unspecified atom stereocenters. The minimum absolute atomic E-state index is 0.0334. The van der Waals surface area contributed by atoms with Crippen LogP contribution in [0.5, 0.6) is 0 Å². The van der Waals surface area contributed by atoms with Gasteiger partial charge in [-0.1, -0.05) is 12.1 Å². The first-order valence-electron chi connectivity index (χ1n) is 6.90. The van der Waals surface area contributed by atoms with Crippen LogP contribution in [0, 0.1) is 0 Å². The molecule has 0 aliphatic carbocycles. The third-order valence-electron chi connectivity index (χ3n) is 3.56. The number of rotatable bonds is 4. The fraction of sp³-hybridized carbons (Fsp3) is 0.533. The molecule has 2 atom stereocenters. The lowest BCUT2D eigenvalue weighted by molar-refractivity contribution is -0.129. The Kier molecular flexibility index (Phi) is 4.93. The third kappa shape index (κ3) is 3.78. The Balaban J connectivity index is 2.00. The molecule has 0 bridgehead atoms. The summed E-state index contributed by atoms with van der Waals surface area (Å²) >= 11 is 0. The zero-order valence-electron chi connectivity index (χ0n) is 11.6. The first-order chi connectivity index (χ1) is 9.20. The Morgan fingerprint density at radius 3 is 2.95 bits per heavy atom. The highest BCUT2D eigenvalue weighted by atomic mass is 16.5. The summed E-state index contributed by atoms with van der Waals surface area (Å²) < 4.78 is 5.49. The van der Waals surface area contributed by atoms with Gasteiger partial charge in [0, 0.05) is 18.3 Å². The van der Waals surface area contributed by atoms with Crippen molar-refractivity contribution in [2.45, 2.75) is 38.3 Å². The molecule has 1 saturated heterocycles. The average Bonchev–Trinajstić information content (AvgIpc) is 2.47. The Morgan fingerprint density at radius 1 is 1.42 bits per heavy atom. The number of nitrogens with one attached hydrogen (secondary N) is 2. The number of anilines is 1. The zero-order valence-corrected chi connectivity index (χ0v) is 11.6. The van der Waals surface area contributed by atoms with Crippen LogP contribution in [0.1, 0.15) is 37.8 Å². The standard InChI is InChI=1S/C15H22N2O2/c1-11(16-2)12-6-5-7-13(10-12)17-15(18)14-8-3-4-9-19-14/h5-7,10-11,14,16H,3-4,8-9H2,1-2H3,(H,17,18). The fourth-order valence-electron chi connectivity index (χ4n) is 2.22. The van der Waals surface area contributed by atoms with Crippen LogP contribution in [0.25, 0.3) is 0 Å². The summed E-state index contributed by atoms with van der Waals surface area (Å²) in [4.78, 5) is 12.1. The Hall–Kier alpha value is -1.39. The number of hydrogen-bond donors (Lipinski definition) is 2. The molecule has 0 saturated carbocycles. The topological polar surface area (TPSA) is 50.4 Å². The fourth-order valence-corrected chi connectivity index (χ4v) is 2.22. The summed E-state index contributed by atoms with van der Waals surface area (Å²) in [6.07, 6.45) is 2.64. The van der Waals surface area contributed by atoms with Crippen molar-refractivity contribution in [3.8, 4) is 0 Å². The van der Waals surface area contributed by atoms with E-state index < -0.39 is 0 Å². The maximum Gasteiger partial charge on any atom is 0.253 e. The Bertz CT molecular complexity index is 428. The minimum Gasteiger partial charge on any atom is -0.368 e. The molecule has 1 amide bonds. The molecule has 1 aromatic rings. The van der Waals surface area contributed by atoms with Gasteiger partial charge in [0.25, 0.3) is 5.91 Å². The molecule has 1 aliphatic heterocycles. The molecule has 0 aromatic heterocycles. The second-order valence-corrected chi connectivity index (χ2v) is 4.98. The molecule has 4 nitrogen and oxygen atoms in total. The van der Waals surface area contributed by atoms with E-state index in [1.54, 1.807) is 0 Å². The first kappa shape index (κ1) is 14.0. The quantitative estimate of drug-likeness (QED) is 0.876. The molecule has 19 heavy (non-hydrogen) atoms. The maximum atomic E-state index is 12.1. The summed E-state index contributed by atoms with van der Waals surface area (Å²) in [6.45, 7) is 2.78.